The van der Waals surface area contributed by atoms with Gasteiger partial charge in [0.2, 0.25) is 11.8 Å². The molecule has 0 bridgehead atoms. The number of carbonyl (C=O) groups excluding carboxylic acids is 6. The minimum Gasteiger partial charge on any atom is -0.480 e. The summed E-state index contributed by atoms with van der Waals surface area (Å²) >= 11 is 0. The standard InChI is InChI=1S/C36H30N6O12/c43-28(10-13-39-32(45)23-7-3-5-19-15-21(41(51)52)17-25(30(19)23)34(39)47)37-12-2-1-9-27(36(49)50)38-29(44)11-14-40-33(46)24-8-4-6-20-16-22(42(53)54)18-26(31(20)24)35(40)48/h3-8,15-18,27H,1-2,9-14H2,(H,37,43)(H,38,44)(H,49,50)/t27-/m0/s1. The van der Waals surface area contributed by atoms with Crippen molar-refractivity contribution in [1.29, 1.82) is 0 Å². The molecule has 2 aliphatic rings. The zero-order valence-electron chi connectivity index (χ0n) is 28.2. The summed E-state index contributed by atoms with van der Waals surface area (Å²) in [6.07, 6.45) is -0.156. The van der Waals surface area contributed by atoms with E-state index in [4.69, 9.17) is 0 Å². The van der Waals surface area contributed by atoms with Gasteiger partial charge in [0.25, 0.3) is 35.0 Å². The number of nitro groups is 2. The first kappa shape index (κ1) is 36.7. The maximum Gasteiger partial charge on any atom is 0.326 e. The molecule has 2 heterocycles. The van der Waals surface area contributed by atoms with Crippen molar-refractivity contribution in [3.8, 4) is 0 Å². The van der Waals surface area contributed by atoms with Gasteiger partial charge in [-0.05, 0) is 42.2 Å². The van der Waals surface area contributed by atoms with E-state index in [0.29, 0.717) is 22.6 Å². The van der Waals surface area contributed by atoms with Gasteiger partial charge >= 0.3 is 5.97 Å². The zero-order chi connectivity index (χ0) is 38.8. The lowest BCUT2D eigenvalue weighted by Crippen LogP contribution is -2.45. The lowest BCUT2D eigenvalue weighted by molar-refractivity contribution is -0.384. The molecular weight excluding hydrogens is 708 g/mol. The van der Waals surface area contributed by atoms with Crippen LogP contribution >= 0.6 is 0 Å². The van der Waals surface area contributed by atoms with Crippen molar-refractivity contribution >= 4 is 74.3 Å². The minimum absolute atomic E-state index is 0.0136. The fraction of sp³-hybridized carbons (Fsp3) is 0.250. The Morgan fingerprint density at radius 1 is 0.667 bits per heavy atom. The van der Waals surface area contributed by atoms with Gasteiger partial charge in [-0.3, -0.25) is 58.8 Å². The minimum atomic E-state index is -1.33. The van der Waals surface area contributed by atoms with Crippen LogP contribution in [0.4, 0.5) is 11.4 Å². The van der Waals surface area contributed by atoms with Crippen molar-refractivity contribution in [2.24, 2.45) is 0 Å². The van der Waals surface area contributed by atoms with E-state index in [1.807, 2.05) is 0 Å². The Balaban J connectivity index is 0.960. The van der Waals surface area contributed by atoms with Gasteiger partial charge in [0, 0.05) is 78.6 Å². The average molecular weight is 739 g/mol. The molecule has 6 amide bonds. The number of hydrogen-bond donors (Lipinski definition) is 3. The second kappa shape index (κ2) is 14.9. The fourth-order valence-corrected chi connectivity index (χ4v) is 6.64. The number of carboxylic acid groups (broad SMARTS) is 1. The number of hydrogen-bond acceptors (Lipinski definition) is 11. The van der Waals surface area contributed by atoms with Crippen LogP contribution in [0.3, 0.4) is 0 Å². The third-order valence-corrected chi connectivity index (χ3v) is 9.25. The Morgan fingerprint density at radius 2 is 1.13 bits per heavy atom. The van der Waals surface area contributed by atoms with Crippen LogP contribution in [-0.2, 0) is 14.4 Å². The molecule has 2 aliphatic heterocycles. The highest BCUT2D eigenvalue weighted by molar-refractivity contribution is 6.27. The zero-order valence-corrected chi connectivity index (χ0v) is 28.2. The third kappa shape index (κ3) is 7.03. The summed E-state index contributed by atoms with van der Waals surface area (Å²) in [6, 6.07) is 12.5. The maximum absolute atomic E-state index is 13.2. The van der Waals surface area contributed by atoms with E-state index in [9.17, 15) is 58.9 Å². The molecule has 3 N–H and O–H groups in total. The van der Waals surface area contributed by atoms with Crippen LogP contribution in [0.25, 0.3) is 21.5 Å². The van der Waals surface area contributed by atoms with E-state index in [1.54, 1.807) is 18.2 Å². The Morgan fingerprint density at radius 3 is 1.59 bits per heavy atom. The van der Waals surface area contributed by atoms with E-state index in [-0.39, 0.29) is 71.4 Å². The molecule has 0 saturated heterocycles. The molecule has 0 radical (unpaired) electrons. The van der Waals surface area contributed by atoms with E-state index in [2.05, 4.69) is 10.6 Å². The summed E-state index contributed by atoms with van der Waals surface area (Å²) in [5, 5.41) is 38.8. The van der Waals surface area contributed by atoms with Crippen molar-refractivity contribution in [2.45, 2.75) is 38.1 Å². The number of benzene rings is 4. The average Bonchev–Trinajstić information content (AvgIpc) is 3.14. The van der Waals surface area contributed by atoms with Crippen molar-refractivity contribution in [1.82, 2.24) is 20.4 Å². The highest BCUT2D eigenvalue weighted by Crippen LogP contribution is 2.35. The fourth-order valence-electron chi connectivity index (χ4n) is 6.64. The molecule has 0 fully saturated rings. The van der Waals surface area contributed by atoms with Gasteiger partial charge in [0.1, 0.15) is 6.04 Å². The monoisotopic (exact) mass is 738 g/mol. The first-order valence-corrected chi connectivity index (χ1v) is 16.7. The predicted octanol–water partition coefficient (Wildman–Crippen LogP) is 3.34. The molecule has 0 aromatic heterocycles. The van der Waals surface area contributed by atoms with Gasteiger partial charge in [-0.15, -0.1) is 0 Å². The first-order valence-electron chi connectivity index (χ1n) is 16.7. The summed E-state index contributed by atoms with van der Waals surface area (Å²) in [5.74, 6) is -5.49. The van der Waals surface area contributed by atoms with E-state index >= 15 is 0 Å². The molecule has 18 heteroatoms. The number of imide groups is 2. The van der Waals surface area contributed by atoms with Crippen molar-refractivity contribution in [2.75, 3.05) is 19.6 Å². The van der Waals surface area contributed by atoms with Crippen LogP contribution in [0, 0.1) is 20.2 Å². The van der Waals surface area contributed by atoms with E-state index in [1.165, 1.54) is 30.3 Å². The predicted molar refractivity (Wildman–Crippen MR) is 188 cm³/mol. The Labute approximate surface area is 304 Å². The Hall–Kier alpha value is -7.11. The molecule has 6 rings (SSSR count). The van der Waals surface area contributed by atoms with E-state index < -0.39 is 70.3 Å². The van der Waals surface area contributed by atoms with Gasteiger partial charge in [-0.2, -0.15) is 0 Å². The van der Waals surface area contributed by atoms with E-state index in [0.717, 1.165) is 21.9 Å². The highest BCUT2D eigenvalue weighted by atomic mass is 16.6. The number of non-ortho nitro benzene ring substituents is 2. The normalized spacial score (nSPS) is 14.0. The summed E-state index contributed by atoms with van der Waals surface area (Å²) in [7, 11) is 0. The first-order chi connectivity index (χ1) is 25.8. The molecule has 0 unspecified atom stereocenters. The molecule has 0 spiro atoms. The molecule has 4 aromatic rings. The molecule has 4 aromatic carbocycles. The SMILES string of the molecule is O=C(CCN1C(=O)c2cccc3cc([N+](=O)[O-])cc(c23)C1=O)NCCCC[C@H](NC(=O)CCN1C(=O)c2cccc3cc([N+](=O)[O-])cc(c23)C1=O)C(=O)O. The summed E-state index contributed by atoms with van der Waals surface area (Å²) < 4.78 is 0. The number of amides is 6. The Bertz CT molecular complexity index is 2340. The number of carboxylic acids is 1. The summed E-state index contributed by atoms with van der Waals surface area (Å²) in [6.45, 7) is -0.579. The van der Waals surface area contributed by atoms with Crippen LogP contribution in [0.15, 0.2) is 60.7 Å². The number of nitro benzene ring substituents is 2. The third-order valence-electron chi connectivity index (χ3n) is 9.25. The second-order valence-corrected chi connectivity index (χ2v) is 12.6. The van der Waals surface area contributed by atoms with Gasteiger partial charge in [-0.25, -0.2) is 4.79 Å². The molecule has 0 aliphatic carbocycles. The lowest BCUT2D eigenvalue weighted by Gasteiger charge is -2.27. The topological polar surface area (TPSA) is 257 Å². The van der Waals surface area contributed by atoms with Crippen LogP contribution < -0.4 is 10.6 Å². The van der Waals surface area contributed by atoms with Gasteiger partial charge in [0.05, 0.1) is 21.0 Å². The number of aliphatic carboxylic acids is 1. The lowest BCUT2D eigenvalue weighted by atomic mass is 9.93. The summed E-state index contributed by atoms with van der Waals surface area (Å²) in [5.41, 5.74) is -0.408. The summed E-state index contributed by atoms with van der Waals surface area (Å²) in [4.78, 5) is 113. The largest absolute Gasteiger partial charge is 0.480 e. The van der Waals surface area contributed by atoms with Gasteiger partial charge in [0.15, 0.2) is 0 Å². The van der Waals surface area contributed by atoms with Crippen LogP contribution in [0.5, 0.6) is 0 Å². The Kier molecular flexibility index (Phi) is 10.1. The second-order valence-electron chi connectivity index (χ2n) is 12.6. The molecule has 0 saturated carbocycles. The van der Waals surface area contributed by atoms with Crippen LogP contribution in [-0.4, -0.2) is 91.8 Å². The number of nitrogens with one attached hydrogen (secondary N) is 2. The van der Waals surface area contributed by atoms with Crippen molar-refractivity contribution in [3.63, 3.8) is 0 Å². The number of nitrogens with zero attached hydrogens (tertiary/aromatic N) is 4. The van der Waals surface area contributed by atoms with Crippen molar-refractivity contribution in [3.05, 3.63) is 103 Å². The molecular formula is C36H30N6O12. The quantitative estimate of drug-likeness (QED) is 0.0687. The molecule has 54 heavy (non-hydrogen) atoms. The van der Waals surface area contributed by atoms with Gasteiger partial charge < -0.3 is 15.7 Å². The molecule has 276 valence electrons. The van der Waals surface area contributed by atoms with Gasteiger partial charge in [-0.1, -0.05) is 24.3 Å². The van der Waals surface area contributed by atoms with Crippen LogP contribution in [0.1, 0.15) is 73.5 Å². The molecule has 18 nitrogen and oxygen atoms in total. The van der Waals surface area contributed by atoms with Crippen LogP contribution in [0.2, 0.25) is 0 Å². The highest BCUT2D eigenvalue weighted by Gasteiger charge is 2.36. The number of unbranched alkanes of at least 4 members (excludes halogenated alkanes) is 1. The number of rotatable bonds is 15. The van der Waals surface area contributed by atoms with Crippen molar-refractivity contribution < 1.29 is 48.5 Å². The maximum atomic E-state index is 13.2. The molecule has 1 atom stereocenters. The number of carbonyl (C=O) groups is 7. The smallest absolute Gasteiger partial charge is 0.326 e.